The fourth-order valence-corrected chi connectivity index (χ4v) is 2.53. The summed E-state index contributed by atoms with van der Waals surface area (Å²) >= 11 is 9.23. The van der Waals surface area contributed by atoms with Crippen molar-refractivity contribution in [3.63, 3.8) is 0 Å². The summed E-state index contributed by atoms with van der Waals surface area (Å²) in [5, 5.41) is 0.285. The van der Waals surface area contributed by atoms with Gasteiger partial charge in [-0.3, -0.25) is 4.79 Å². The fraction of sp³-hybridized carbons (Fsp3) is 0.176. The van der Waals surface area contributed by atoms with E-state index < -0.39 is 5.97 Å². The van der Waals surface area contributed by atoms with E-state index in [1.807, 2.05) is 26.0 Å². The molecular formula is C17H14BrClO3. The third-order valence-electron chi connectivity index (χ3n) is 3.18. The highest BCUT2D eigenvalue weighted by atomic mass is 79.9. The van der Waals surface area contributed by atoms with Crippen molar-refractivity contribution in [2.75, 3.05) is 6.61 Å². The van der Waals surface area contributed by atoms with Crippen LogP contribution in [0.2, 0.25) is 5.02 Å². The van der Waals surface area contributed by atoms with Crippen LogP contribution in [-0.4, -0.2) is 18.4 Å². The molecule has 2 aromatic rings. The van der Waals surface area contributed by atoms with E-state index in [0.29, 0.717) is 10.0 Å². The number of aryl methyl sites for hydroxylation is 2. The van der Waals surface area contributed by atoms with Crippen LogP contribution in [0.4, 0.5) is 0 Å². The van der Waals surface area contributed by atoms with Crippen LogP contribution in [0, 0.1) is 13.8 Å². The summed E-state index contributed by atoms with van der Waals surface area (Å²) in [6, 6.07) is 10.5. The molecule has 5 heteroatoms. The van der Waals surface area contributed by atoms with Gasteiger partial charge in [0.05, 0.1) is 10.6 Å². The first-order valence-electron chi connectivity index (χ1n) is 6.61. The van der Waals surface area contributed by atoms with Gasteiger partial charge in [0.15, 0.2) is 6.61 Å². The van der Waals surface area contributed by atoms with Crippen molar-refractivity contribution in [1.29, 1.82) is 0 Å². The number of carbonyl (C=O) groups is 2. The number of carbonyl (C=O) groups excluding carboxylic acids is 2. The van der Waals surface area contributed by atoms with Gasteiger partial charge in [0.2, 0.25) is 5.78 Å². The Morgan fingerprint density at radius 2 is 1.82 bits per heavy atom. The minimum atomic E-state index is -0.620. The Labute approximate surface area is 142 Å². The molecule has 0 aliphatic heterocycles. The summed E-state index contributed by atoms with van der Waals surface area (Å²) in [5.74, 6) is -0.856. The van der Waals surface area contributed by atoms with Gasteiger partial charge in [0.25, 0.3) is 0 Å². The molecule has 0 bridgehead atoms. The van der Waals surface area contributed by atoms with E-state index in [0.717, 1.165) is 11.1 Å². The molecule has 0 saturated heterocycles. The van der Waals surface area contributed by atoms with Crippen molar-refractivity contribution in [2.45, 2.75) is 13.8 Å². The highest BCUT2D eigenvalue weighted by Crippen LogP contribution is 2.22. The Balaban J connectivity index is 2.09. The topological polar surface area (TPSA) is 43.4 Å². The second-order valence-electron chi connectivity index (χ2n) is 4.94. The molecule has 0 fully saturated rings. The third-order valence-corrected chi connectivity index (χ3v) is 4.00. The molecule has 0 radical (unpaired) electrons. The van der Waals surface area contributed by atoms with Gasteiger partial charge >= 0.3 is 5.97 Å². The van der Waals surface area contributed by atoms with Crippen molar-refractivity contribution in [2.24, 2.45) is 0 Å². The van der Waals surface area contributed by atoms with Crippen LogP contribution in [-0.2, 0) is 4.74 Å². The zero-order chi connectivity index (χ0) is 16.3. The summed E-state index contributed by atoms with van der Waals surface area (Å²) in [5.41, 5.74) is 2.63. The Kier molecular flexibility index (Phi) is 5.37. The second kappa shape index (κ2) is 7.07. The number of ketones is 1. The lowest BCUT2D eigenvalue weighted by Crippen LogP contribution is -2.15. The monoisotopic (exact) mass is 380 g/mol. The second-order valence-corrected chi connectivity index (χ2v) is 6.26. The molecule has 0 aliphatic carbocycles. The van der Waals surface area contributed by atoms with Crippen LogP contribution in [0.1, 0.15) is 31.8 Å². The van der Waals surface area contributed by atoms with Gasteiger partial charge in [-0.1, -0.05) is 45.2 Å². The van der Waals surface area contributed by atoms with E-state index in [9.17, 15) is 9.59 Å². The summed E-state index contributed by atoms with van der Waals surface area (Å²) < 4.78 is 5.79. The predicted molar refractivity (Wildman–Crippen MR) is 89.7 cm³/mol. The van der Waals surface area contributed by atoms with E-state index in [1.54, 1.807) is 24.3 Å². The molecule has 3 nitrogen and oxygen atoms in total. The first-order valence-corrected chi connectivity index (χ1v) is 7.78. The average Bonchev–Trinajstić information content (AvgIpc) is 2.49. The first kappa shape index (κ1) is 16.7. The Morgan fingerprint density at radius 1 is 1.09 bits per heavy atom. The molecule has 0 atom stereocenters. The first-order chi connectivity index (χ1) is 10.4. The highest BCUT2D eigenvalue weighted by Gasteiger charge is 2.16. The zero-order valence-electron chi connectivity index (χ0n) is 12.2. The molecule has 22 heavy (non-hydrogen) atoms. The largest absolute Gasteiger partial charge is 0.454 e. The summed E-state index contributed by atoms with van der Waals surface area (Å²) in [6.45, 7) is 3.44. The predicted octanol–water partition coefficient (Wildman–Crippen LogP) is 4.76. The van der Waals surface area contributed by atoms with E-state index in [-0.39, 0.29) is 23.0 Å². The van der Waals surface area contributed by atoms with Crippen LogP contribution in [0.25, 0.3) is 0 Å². The maximum absolute atomic E-state index is 12.2. The molecule has 2 rings (SSSR count). The Bertz CT molecular complexity index is 677. The summed E-state index contributed by atoms with van der Waals surface area (Å²) in [6.07, 6.45) is 0. The van der Waals surface area contributed by atoms with Crippen molar-refractivity contribution >= 4 is 39.3 Å². The standard InChI is InChI=1S/C17H14BrClO3/c1-10-3-4-11(2)13(7-10)16(20)9-22-17(21)14-8-12(18)5-6-15(14)19/h3-8H,9H2,1-2H3. The van der Waals surface area contributed by atoms with Gasteiger partial charge in [-0.15, -0.1) is 0 Å². The van der Waals surface area contributed by atoms with Crippen LogP contribution in [0.15, 0.2) is 40.9 Å². The lowest BCUT2D eigenvalue weighted by molar-refractivity contribution is 0.0474. The molecular weight excluding hydrogens is 368 g/mol. The molecule has 0 aromatic heterocycles. The minimum Gasteiger partial charge on any atom is -0.454 e. The van der Waals surface area contributed by atoms with E-state index >= 15 is 0 Å². The van der Waals surface area contributed by atoms with E-state index in [4.69, 9.17) is 16.3 Å². The van der Waals surface area contributed by atoms with Gasteiger partial charge in [-0.2, -0.15) is 0 Å². The van der Waals surface area contributed by atoms with E-state index in [2.05, 4.69) is 15.9 Å². The molecule has 0 amide bonds. The van der Waals surface area contributed by atoms with Crippen LogP contribution in [0.3, 0.4) is 0 Å². The number of benzene rings is 2. The SMILES string of the molecule is Cc1ccc(C)c(C(=O)COC(=O)c2cc(Br)ccc2Cl)c1. The molecule has 0 N–H and O–H groups in total. The maximum Gasteiger partial charge on any atom is 0.340 e. The molecule has 0 saturated carbocycles. The number of esters is 1. The fourth-order valence-electron chi connectivity index (χ4n) is 1.98. The molecule has 0 aliphatic rings. The number of ether oxygens (including phenoxy) is 1. The molecule has 0 unspecified atom stereocenters. The van der Waals surface area contributed by atoms with Crippen LogP contribution >= 0.6 is 27.5 Å². The molecule has 2 aromatic carbocycles. The third kappa shape index (κ3) is 3.96. The number of halogens is 2. The molecule has 0 spiro atoms. The van der Waals surface area contributed by atoms with Crippen LogP contribution < -0.4 is 0 Å². The van der Waals surface area contributed by atoms with Crippen molar-refractivity contribution in [3.05, 3.63) is 68.1 Å². The molecule has 0 heterocycles. The van der Waals surface area contributed by atoms with Gasteiger partial charge in [-0.05, 0) is 43.7 Å². The smallest absolute Gasteiger partial charge is 0.340 e. The van der Waals surface area contributed by atoms with Crippen molar-refractivity contribution < 1.29 is 14.3 Å². The Hall–Kier alpha value is -1.65. The highest BCUT2D eigenvalue weighted by molar-refractivity contribution is 9.10. The number of hydrogen-bond acceptors (Lipinski definition) is 3. The molecule has 114 valence electrons. The lowest BCUT2D eigenvalue weighted by Gasteiger charge is -2.08. The lowest BCUT2D eigenvalue weighted by atomic mass is 10.0. The van der Waals surface area contributed by atoms with E-state index in [1.165, 1.54) is 0 Å². The van der Waals surface area contributed by atoms with Crippen molar-refractivity contribution in [3.8, 4) is 0 Å². The van der Waals surface area contributed by atoms with Gasteiger partial charge in [-0.25, -0.2) is 4.79 Å². The average molecular weight is 382 g/mol. The number of Topliss-reactive ketones (excluding diaryl/α,β-unsaturated/α-hetero) is 1. The Morgan fingerprint density at radius 3 is 2.55 bits per heavy atom. The van der Waals surface area contributed by atoms with Crippen LogP contribution in [0.5, 0.6) is 0 Å². The maximum atomic E-state index is 12.2. The minimum absolute atomic E-state index is 0.227. The van der Waals surface area contributed by atoms with Gasteiger partial charge in [0, 0.05) is 10.0 Å². The number of hydrogen-bond donors (Lipinski definition) is 0. The number of rotatable bonds is 4. The van der Waals surface area contributed by atoms with Gasteiger partial charge in [0.1, 0.15) is 0 Å². The summed E-state index contributed by atoms with van der Waals surface area (Å²) in [4.78, 5) is 24.2. The quantitative estimate of drug-likeness (QED) is 0.566. The zero-order valence-corrected chi connectivity index (χ0v) is 14.5. The summed E-state index contributed by atoms with van der Waals surface area (Å²) in [7, 11) is 0. The van der Waals surface area contributed by atoms with Gasteiger partial charge < -0.3 is 4.74 Å². The normalized spacial score (nSPS) is 10.4. The van der Waals surface area contributed by atoms with Crippen molar-refractivity contribution in [1.82, 2.24) is 0 Å².